The topological polar surface area (TPSA) is 59.8 Å². The van der Waals surface area contributed by atoms with Crippen LogP contribution < -0.4 is 5.32 Å². The first-order valence-corrected chi connectivity index (χ1v) is 11.9. The molecule has 2 saturated carbocycles. The van der Waals surface area contributed by atoms with E-state index >= 15 is 0 Å². The zero-order valence-electron chi connectivity index (χ0n) is 17.3. The summed E-state index contributed by atoms with van der Waals surface area (Å²) < 4.78 is 41.6. The minimum Gasteiger partial charge on any atom is -0.323 e. The summed E-state index contributed by atoms with van der Waals surface area (Å²) in [5, 5.41) is 11.3. The second-order valence-corrected chi connectivity index (χ2v) is 9.79. The largest absolute Gasteiger partial charge is 0.416 e. The first-order valence-electron chi connectivity index (χ1n) is 10.7. The Morgan fingerprint density at radius 2 is 1.82 bits per heavy atom. The molecule has 0 bridgehead atoms. The third-order valence-corrected chi connectivity index (χ3v) is 7.20. The van der Waals surface area contributed by atoms with Crippen molar-refractivity contribution in [1.29, 1.82) is 0 Å². The molecular formula is C23H20ClF3N4OS. The minimum absolute atomic E-state index is 0.0327. The van der Waals surface area contributed by atoms with Gasteiger partial charge in [0.25, 0.3) is 0 Å². The molecule has 1 heterocycles. The number of hydrogen-bond acceptors (Lipinski definition) is 4. The van der Waals surface area contributed by atoms with Crippen LogP contribution in [0.15, 0.2) is 53.7 Å². The van der Waals surface area contributed by atoms with Gasteiger partial charge in [0.05, 0.1) is 16.3 Å². The molecule has 5 nitrogen and oxygen atoms in total. The Morgan fingerprint density at radius 1 is 1.09 bits per heavy atom. The normalized spacial score (nSPS) is 17.1. The van der Waals surface area contributed by atoms with E-state index < -0.39 is 22.9 Å². The van der Waals surface area contributed by atoms with Gasteiger partial charge in [-0.3, -0.25) is 4.79 Å². The summed E-state index contributed by atoms with van der Waals surface area (Å²) in [5.74, 6) is 0.902. The van der Waals surface area contributed by atoms with Crippen molar-refractivity contribution in [3.63, 3.8) is 0 Å². The highest BCUT2D eigenvalue weighted by Crippen LogP contribution is 2.48. The summed E-state index contributed by atoms with van der Waals surface area (Å²) in [5.41, 5.74) is -0.254. The number of amides is 1. The van der Waals surface area contributed by atoms with Gasteiger partial charge >= 0.3 is 6.18 Å². The van der Waals surface area contributed by atoms with E-state index in [-0.39, 0.29) is 10.7 Å². The lowest BCUT2D eigenvalue weighted by molar-refractivity contribution is -0.137. The maximum atomic E-state index is 13.4. The highest BCUT2D eigenvalue weighted by Gasteiger charge is 2.38. The van der Waals surface area contributed by atoms with Gasteiger partial charge in [-0.2, -0.15) is 13.2 Å². The van der Waals surface area contributed by atoms with E-state index in [0.717, 1.165) is 49.7 Å². The number of hydrogen-bond donors (Lipinski definition) is 1. The zero-order chi connectivity index (χ0) is 23.2. The Balaban J connectivity index is 1.45. The molecule has 2 aliphatic rings. The van der Waals surface area contributed by atoms with Crippen LogP contribution in [-0.2, 0) is 11.0 Å². The molecule has 0 saturated heterocycles. The number of thioether (sulfide) groups is 1. The van der Waals surface area contributed by atoms with Crippen LogP contribution in [0.1, 0.15) is 59.8 Å². The van der Waals surface area contributed by atoms with Crippen molar-refractivity contribution in [2.24, 2.45) is 0 Å². The van der Waals surface area contributed by atoms with Gasteiger partial charge in [0, 0.05) is 12.0 Å². The van der Waals surface area contributed by atoms with Crippen LogP contribution in [0.25, 0.3) is 0 Å². The van der Waals surface area contributed by atoms with Gasteiger partial charge in [-0.15, -0.1) is 10.2 Å². The molecule has 172 valence electrons. The van der Waals surface area contributed by atoms with Crippen molar-refractivity contribution < 1.29 is 18.0 Å². The van der Waals surface area contributed by atoms with E-state index in [9.17, 15) is 18.0 Å². The molecule has 3 aromatic rings. The molecule has 1 amide bonds. The maximum Gasteiger partial charge on any atom is 0.416 e. The third kappa shape index (κ3) is 4.89. The summed E-state index contributed by atoms with van der Waals surface area (Å²) in [6, 6.07) is 12.3. The SMILES string of the molecule is O=C(Nc1cc(C(F)(F)F)ccc1Cl)[C@@H](Sc1nnc(C2CC2)n1C1CC1)c1ccccc1. The fourth-order valence-electron chi connectivity index (χ4n) is 3.67. The van der Waals surface area contributed by atoms with Crippen LogP contribution in [0.3, 0.4) is 0 Å². The highest BCUT2D eigenvalue weighted by molar-refractivity contribution is 8.00. The van der Waals surface area contributed by atoms with E-state index in [4.69, 9.17) is 11.6 Å². The van der Waals surface area contributed by atoms with Gasteiger partial charge in [-0.25, -0.2) is 0 Å². The average Bonchev–Trinajstić information content (AvgIpc) is 3.72. The van der Waals surface area contributed by atoms with E-state index in [1.165, 1.54) is 11.8 Å². The second kappa shape index (κ2) is 8.68. The van der Waals surface area contributed by atoms with Crippen LogP contribution in [-0.4, -0.2) is 20.7 Å². The van der Waals surface area contributed by atoms with E-state index in [1.54, 1.807) is 0 Å². The Hall–Kier alpha value is -2.52. The predicted molar refractivity (Wildman–Crippen MR) is 120 cm³/mol. The smallest absolute Gasteiger partial charge is 0.323 e. The standard InChI is InChI=1S/C23H20ClF3N4OS/c24-17-11-8-15(23(25,26)27)12-18(17)28-21(32)19(13-4-2-1-3-5-13)33-22-30-29-20(14-6-7-14)31(22)16-9-10-16/h1-5,8,11-12,14,16,19H,6-7,9-10H2,(H,28,32)/t19-/m0/s1. The first-order chi connectivity index (χ1) is 15.8. The second-order valence-electron chi connectivity index (χ2n) is 8.31. The van der Waals surface area contributed by atoms with Crippen molar-refractivity contribution in [3.05, 3.63) is 70.5 Å². The number of carbonyl (C=O) groups excluding carboxylic acids is 1. The minimum atomic E-state index is -4.54. The van der Waals surface area contributed by atoms with Crippen molar-refractivity contribution in [3.8, 4) is 0 Å². The molecule has 33 heavy (non-hydrogen) atoms. The van der Waals surface area contributed by atoms with Gasteiger partial charge in [0.2, 0.25) is 5.91 Å². The van der Waals surface area contributed by atoms with Crippen LogP contribution in [0, 0.1) is 0 Å². The van der Waals surface area contributed by atoms with Gasteiger partial charge in [0.15, 0.2) is 5.16 Å². The summed E-state index contributed by atoms with van der Waals surface area (Å²) in [6.45, 7) is 0. The van der Waals surface area contributed by atoms with Crippen molar-refractivity contribution >= 4 is 35.0 Å². The highest BCUT2D eigenvalue weighted by atomic mass is 35.5. The molecule has 0 spiro atoms. The molecule has 2 aromatic carbocycles. The van der Waals surface area contributed by atoms with Crippen molar-refractivity contribution in [2.45, 2.75) is 54.2 Å². The summed E-state index contributed by atoms with van der Waals surface area (Å²) in [4.78, 5) is 13.4. The molecule has 0 radical (unpaired) electrons. The number of alkyl halides is 3. The molecular weight excluding hydrogens is 473 g/mol. The molecule has 1 N–H and O–H groups in total. The van der Waals surface area contributed by atoms with Crippen LogP contribution in [0.2, 0.25) is 5.02 Å². The number of benzene rings is 2. The number of halogens is 4. The number of aromatic nitrogens is 3. The molecule has 2 fully saturated rings. The first kappa shape index (κ1) is 22.3. The monoisotopic (exact) mass is 492 g/mol. The fourth-order valence-corrected chi connectivity index (χ4v) is 4.95. The Labute approximate surface area is 197 Å². The Bertz CT molecular complexity index is 1180. The summed E-state index contributed by atoms with van der Waals surface area (Å²) in [7, 11) is 0. The zero-order valence-corrected chi connectivity index (χ0v) is 18.9. The third-order valence-electron chi connectivity index (χ3n) is 5.66. The fraction of sp³-hybridized carbons (Fsp3) is 0.348. The Kier molecular flexibility index (Phi) is 5.86. The number of carbonyl (C=O) groups is 1. The van der Waals surface area contributed by atoms with Crippen molar-refractivity contribution in [2.75, 3.05) is 5.32 Å². The lowest BCUT2D eigenvalue weighted by atomic mass is 10.1. The van der Waals surface area contributed by atoms with Crippen LogP contribution in [0.5, 0.6) is 0 Å². The number of nitrogens with zero attached hydrogens (tertiary/aromatic N) is 3. The van der Waals surface area contributed by atoms with Crippen LogP contribution in [0.4, 0.5) is 18.9 Å². The summed E-state index contributed by atoms with van der Waals surface area (Å²) >= 11 is 7.36. The lowest BCUT2D eigenvalue weighted by Crippen LogP contribution is -2.20. The summed E-state index contributed by atoms with van der Waals surface area (Å²) in [6.07, 6.45) is -0.267. The van der Waals surface area contributed by atoms with Gasteiger partial charge in [0.1, 0.15) is 11.1 Å². The van der Waals surface area contributed by atoms with E-state index in [0.29, 0.717) is 22.7 Å². The average molecular weight is 493 g/mol. The molecule has 10 heteroatoms. The predicted octanol–water partition coefficient (Wildman–Crippen LogP) is 6.63. The van der Waals surface area contributed by atoms with E-state index in [1.807, 2.05) is 30.3 Å². The molecule has 5 rings (SSSR count). The molecule has 0 aliphatic heterocycles. The Morgan fingerprint density at radius 3 is 2.45 bits per heavy atom. The van der Waals surface area contributed by atoms with Gasteiger partial charge in [-0.05, 0) is 49.4 Å². The number of rotatable bonds is 7. The quantitative estimate of drug-likeness (QED) is 0.376. The van der Waals surface area contributed by atoms with Crippen LogP contribution >= 0.6 is 23.4 Å². The maximum absolute atomic E-state index is 13.4. The number of anilines is 1. The molecule has 2 aliphatic carbocycles. The molecule has 1 aromatic heterocycles. The van der Waals surface area contributed by atoms with Crippen molar-refractivity contribution in [1.82, 2.24) is 14.8 Å². The van der Waals surface area contributed by atoms with Gasteiger partial charge in [-0.1, -0.05) is 53.7 Å². The number of nitrogens with one attached hydrogen (secondary N) is 1. The molecule has 0 unspecified atom stereocenters. The van der Waals surface area contributed by atoms with Gasteiger partial charge < -0.3 is 9.88 Å². The molecule has 1 atom stereocenters. The van der Waals surface area contributed by atoms with E-state index in [2.05, 4.69) is 20.1 Å². The lowest BCUT2D eigenvalue weighted by Gasteiger charge is -2.18.